The molecule has 138 valence electrons. The van der Waals surface area contributed by atoms with Crippen LogP contribution < -0.4 is 0 Å². The van der Waals surface area contributed by atoms with E-state index in [0.29, 0.717) is 33.5 Å². The number of carbonyl (C=O) groups excluding carboxylic acids is 1. The molecule has 2 aromatic carbocycles. The van der Waals surface area contributed by atoms with Crippen LogP contribution in [0.4, 0.5) is 5.69 Å². The quantitative estimate of drug-likeness (QED) is 0.284. The van der Waals surface area contributed by atoms with Crippen LogP contribution in [0.1, 0.15) is 15.9 Å². The first-order chi connectivity index (χ1) is 13.6. The van der Waals surface area contributed by atoms with Gasteiger partial charge < -0.3 is 9.15 Å². The molecule has 0 aliphatic rings. The highest BCUT2D eigenvalue weighted by molar-refractivity contribution is 6.04. The number of ether oxygens (including phenoxy) is 1. The Hall–Kier alpha value is -4.00. The van der Waals surface area contributed by atoms with Crippen molar-refractivity contribution >= 4 is 22.6 Å². The predicted octanol–water partition coefficient (Wildman–Crippen LogP) is 4.76. The van der Waals surface area contributed by atoms with Crippen molar-refractivity contribution in [2.24, 2.45) is 0 Å². The Morgan fingerprint density at radius 3 is 2.57 bits per heavy atom. The molecule has 0 amide bonds. The number of nitrogens with zero attached hydrogens (tertiary/aromatic N) is 2. The summed E-state index contributed by atoms with van der Waals surface area (Å²) in [5.41, 5.74) is 2.20. The van der Waals surface area contributed by atoms with Crippen LogP contribution in [0.5, 0.6) is 0 Å². The summed E-state index contributed by atoms with van der Waals surface area (Å²) >= 11 is 0. The summed E-state index contributed by atoms with van der Waals surface area (Å²) in [5, 5.41) is 11.4. The number of esters is 1. The largest absolute Gasteiger partial charge is 0.463 e. The van der Waals surface area contributed by atoms with Crippen molar-refractivity contribution in [2.75, 3.05) is 0 Å². The molecule has 0 aliphatic heterocycles. The Labute approximate surface area is 159 Å². The lowest BCUT2D eigenvalue weighted by Gasteiger charge is -2.09. The first-order valence-electron chi connectivity index (χ1n) is 8.46. The summed E-state index contributed by atoms with van der Waals surface area (Å²) in [7, 11) is 0. The Bertz CT molecular complexity index is 1150. The normalized spacial score (nSPS) is 10.7. The number of non-ortho nitro benzene ring substituents is 1. The molecule has 7 heteroatoms. The molecule has 0 N–H and O–H groups in total. The fourth-order valence-corrected chi connectivity index (χ4v) is 2.84. The third-order valence-corrected chi connectivity index (χ3v) is 4.23. The van der Waals surface area contributed by atoms with Gasteiger partial charge in [0.05, 0.1) is 22.3 Å². The summed E-state index contributed by atoms with van der Waals surface area (Å²) in [6, 6.07) is 18.3. The van der Waals surface area contributed by atoms with Gasteiger partial charge in [0.2, 0.25) is 0 Å². The third kappa shape index (κ3) is 3.45. The Morgan fingerprint density at radius 2 is 1.86 bits per heavy atom. The van der Waals surface area contributed by atoms with Gasteiger partial charge in [-0.1, -0.05) is 18.2 Å². The smallest absolute Gasteiger partial charge is 0.339 e. The average Bonchev–Trinajstić information content (AvgIpc) is 3.26. The van der Waals surface area contributed by atoms with Crippen LogP contribution in [0.2, 0.25) is 0 Å². The van der Waals surface area contributed by atoms with Crippen molar-refractivity contribution in [1.29, 1.82) is 0 Å². The van der Waals surface area contributed by atoms with E-state index in [-0.39, 0.29) is 12.3 Å². The average molecular weight is 374 g/mol. The number of fused-ring (bicyclic) bond motifs is 1. The van der Waals surface area contributed by atoms with E-state index in [2.05, 4.69) is 4.98 Å². The summed E-state index contributed by atoms with van der Waals surface area (Å²) in [4.78, 5) is 27.5. The molecule has 4 aromatic rings. The second kappa shape index (κ2) is 7.32. The van der Waals surface area contributed by atoms with Crippen LogP contribution in [0, 0.1) is 10.1 Å². The number of para-hydroxylation sites is 1. The molecule has 0 aliphatic carbocycles. The number of hydrogen-bond acceptors (Lipinski definition) is 6. The number of hydrogen-bond donors (Lipinski definition) is 0. The van der Waals surface area contributed by atoms with E-state index in [1.165, 1.54) is 12.1 Å². The highest BCUT2D eigenvalue weighted by Crippen LogP contribution is 2.26. The number of carbonyl (C=O) groups is 1. The van der Waals surface area contributed by atoms with Crippen LogP contribution in [-0.4, -0.2) is 15.9 Å². The first-order valence-corrected chi connectivity index (χ1v) is 8.46. The lowest BCUT2D eigenvalue weighted by molar-refractivity contribution is -0.384. The summed E-state index contributed by atoms with van der Waals surface area (Å²) in [6.07, 6.45) is 1.54. The van der Waals surface area contributed by atoms with E-state index >= 15 is 0 Å². The number of nitro benzene ring substituents is 1. The number of furan rings is 1. The number of pyridine rings is 1. The second-order valence-corrected chi connectivity index (χ2v) is 6.05. The van der Waals surface area contributed by atoms with E-state index in [9.17, 15) is 14.9 Å². The van der Waals surface area contributed by atoms with Gasteiger partial charge in [-0.2, -0.15) is 0 Å². The predicted molar refractivity (Wildman–Crippen MR) is 102 cm³/mol. The SMILES string of the molecule is O=C(OCc1ccc([N+](=O)[O-])cc1)c1cc(-c2ccco2)nc2ccccc12. The fourth-order valence-electron chi connectivity index (χ4n) is 2.84. The standard InChI is InChI=1S/C21H14N2O5/c24-21(28-13-14-7-9-15(10-8-14)23(25)26)17-12-19(20-6-3-11-27-20)22-18-5-2-1-4-16(17)18/h1-12H,13H2. The first kappa shape index (κ1) is 17.4. The molecule has 0 spiro atoms. The molecule has 0 bridgehead atoms. The van der Waals surface area contributed by atoms with Gasteiger partial charge in [-0.3, -0.25) is 10.1 Å². The Morgan fingerprint density at radius 1 is 1.07 bits per heavy atom. The van der Waals surface area contributed by atoms with Crippen molar-refractivity contribution in [3.63, 3.8) is 0 Å². The van der Waals surface area contributed by atoms with Gasteiger partial charge in [0.25, 0.3) is 5.69 Å². The molecular formula is C21H14N2O5. The zero-order chi connectivity index (χ0) is 19.5. The molecule has 0 saturated carbocycles. The second-order valence-electron chi connectivity index (χ2n) is 6.05. The van der Waals surface area contributed by atoms with E-state index in [4.69, 9.17) is 9.15 Å². The van der Waals surface area contributed by atoms with E-state index < -0.39 is 10.9 Å². The molecule has 0 fully saturated rings. The molecule has 2 heterocycles. The minimum Gasteiger partial charge on any atom is -0.463 e. The lowest BCUT2D eigenvalue weighted by Crippen LogP contribution is -2.07. The molecule has 0 unspecified atom stereocenters. The van der Waals surface area contributed by atoms with Crippen LogP contribution in [0.3, 0.4) is 0 Å². The summed E-state index contributed by atoms with van der Waals surface area (Å²) in [6.45, 7) is 0.00353. The maximum absolute atomic E-state index is 12.7. The zero-order valence-corrected chi connectivity index (χ0v) is 14.6. The highest BCUT2D eigenvalue weighted by Gasteiger charge is 2.16. The maximum atomic E-state index is 12.7. The molecule has 0 atom stereocenters. The summed E-state index contributed by atoms with van der Waals surface area (Å²) < 4.78 is 10.8. The fraction of sp³-hybridized carbons (Fsp3) is 0.0476. The molecular weight excluding hydrogens is 360 g/mol. The van der Waals surface area contributed by atoms with Gasteiger partial charge in [-0.15, -0.1) is 0 Å². The van der Waals surface area contributed by atoms with E-state index in [1.807, 2.05) is 18.2 Å². The van der Waals surface area contributed by atoms with Crippen LogP contribution in [0.25, 0.3) is 22.4 Å². The number of benzene rings is 2. The zero-order valence-electron chi connectivity index (χ0n) is 14.6. The van der Waals surface area contributed by atoms with Crippen LogP contribution in [0.15, 0.2) is 77.4 Å². The van der Waals surface area contributed by atoms with Crippen molar-refractivity contribution < 1.29 is 18.9 Å². The summed E-state index contributed by atoms with van der Waals surface area (Å²) in [5.74, 6) is 0.0416. The minimum absolute atomic E-state index is 0.00353. The van der Waals surface area contributed by atoms with Crippen molar-refractivity contribution in [3.8, 4) is 11.5 Å². The molecule has 4 rings (SSSR count). The topological polar surface area (TPSA) is 95.5 Å². The van der Waals surface area contributed by atoms with Gasteiger partial charge in [0.15, 0.2) is 5.76 Å². The molecule has 2 aromatic heterocycles. The molecule has 28 heavy (non-hydrogen) atoms. The molecule has 0 radical (unpaired) electrons. The Kier molecular flexibility index (Phi) is 4.55. The number of rotatable bonds is 5. The van der Waals surface area contributed by atoms with E-state index in [1.54, 1.807) is 42.7 Å². The van der Waals surface area contributed by atoms with Gasteiger partial charge in [0.1, 0.15) is 12.3 Å². The van der Waals surface area contributed by atoms with Crippen molar-refractivity contribution in [1.82, 2.24) is 4.98 Å². The monoisotopic (exact) mass is 374 g/mol. The minimum atomic E-state index is -0.509. The molecule has 0 saturated heterocycles. The van der Waals surface area contributed by atoms with Gasteiger partial charge >= 0.3 is 5.97 Å². The van der Waals surface area contributed by atoms with Crippen LogP contribution in [-0.2, 0) is 11.3 Å². The van der Waals surface area contributed by atoms with Gasteiger partial charge in [-0.25, -0.2) is 9.78 Å². The molecule has 7 nitrogen and oxygen atoms in total. The number of nitro groups is 1. The van der Waals surface area contributed by atoms with Gasteiger partial charge in [0, 0.05) is 17.5 Å². The highest BCUT2D eigenvalue weighted by atomic mass is 16.6. The van der Waals surface area contributed by atoms with Crippen LogP contribution >= 0.6 is 0 Å². The van der Waals surface area contributed by atoms with Crippen molar-refractivity contribution in [3.05, 3.63) is 94.2 Å². The van der Waals surface area contributed by atoms with Gasteiger partial charge in [-0.05, 0) is 42.0 Å². The van der Waals surface area contributed by atoms with Crippen molar-refractivity contribution in [2.45, 2.75) is 6.61 Å². The lowest BCUT2D eigenvalue weighted by atomic mass is 10.1. The third-order valence-electron chi connectivity index (χ3n) is 4.23. The van der Waals surface area contributed by atoms with E-state index in [0.717, 1.165) is 0 Å². The maximum Gasteiger partial charge on any atom is 0.339 e. The Balaban J connectivity index is 1.62. The number of aromatic nitrogens is 1.